The topological polar surface area (TPSA) is 20.2 Å². The lowest BCUT2D eigenvalue weighted by molar-refractivity contribution is 0.289. The van der Waals surface area contributed by atoms with Gasteiger partial charge in [0.1, 0.15) is 0 Å². The minimum absolute atomic E-state index is 0.276. The van der Waals surface area contributed by atoms with Gasteiger partial charge in [-0.3, -0.25) is 0 Å². The van der Waals surface area contributed by atoms with Crippen molar-refractivity contribution in [3.63, 3.8) is 0 Å². The second kappa shape index (κ2) is 6.17. The van der Waals surface area contributed by atoms with Gasteiger partial charge in [0.05, 0.1) is 0 Å². The van der Waals surface area contributed by atoms with Crippen LogP contribution in [0.3, 0.4) is 0 Å². The summed E-state index contributed by atoms with van der Waals surface area (Å²) in [7, 11) is 0. The summed E-state index contributed by atoms with van der Waals surface area (Å²) >= 11 is 0. The normalized spacial score (nSPS) is 11.3. The van der Waals surface area contributed by atoms with Crippen molar-refractivity contribution in [2.24, 2.45) is 5.92 Å². The van der Waals surface area contributed by atoms with Gasteiger partial charge in [0.15, 0.2) is 0 Å². The van der Waals surface area contributed by atoms with Crippen molar-refractivity contribution >= 4 is 0 Å². The highest BCUT2D eigenvalue weighted by Crippen LogP contribution is 2.08. The lowest BCUT2D eigenvalue weighted by Gasteiger charge is -2.01. The highest BCUT2D eigenvalue weighted by molar-refractivity contribution is 5.15. The molecule has 0 aliphatic heterocycles. The molecule has 0 saturated heterocycles. The maximum atomic E-state index is 8.48. The van der Waals surface area contributed by atoms with Crippen molar-refractivity contribution in [2.75, 3.05) is 6.61 Å². The van der Waals surface area contributed by atoms with Crippen LogP contribution in [0.25, 0.3) is 0 Å². The molecule has 0 aliphatic carbocycles. The van der Waals surface area contributed by atoms with Crippen LogP contribution in [0.15, 0.2) is 24.3 Å². The molecule has 11 heavy (non-hydrogen) atoms. The summed E-state index contributed by atoms with van der Waals surface area (Å²) in [6.45, 7) is 8.43. The molecule has 0 atom stereocenters. The highest BCUT2D eigenvalue weighted by atomic mass is 16.2. The fraction of sp³-hybridized carbons (Fsp3) is 0.600. The van der Waals surface area contributed by atoms with Crippen molar-refractivity contribution in [3.8, 4) is 0 Å². The Balaban J connectivity index is 3.49. The van der Waals surface area contributed by atoms with Crippen LogP contribution in [-0.2, 0) is 0 Å². The standard InChI is InChI=1S/C10H18O/c1-9(2)10(3)7-5-4-6-8-11/h5,7,9,11H,3-4,6,8H2,1-2H3/b7-5-. The first-order valence-corrected chi connectivity index (χ1v) is 4.14. The smallest absolute Gasteiger partial charge is 0.0433 e. The molecule has 0 aromatic rings. The number of unbranched alkanes of at least 4 members (excludes halogenated alkanes) is 1. The summed E-state index contributed by atoms with van der Waals surface area (Å²) in [6.07, 6.45) is 5.91. The molecule has 0 aliphatic rings. The monoisotopic (exact) mass is 154 g/mol. The molecule has 1 N–H and O–H groups in total. The van der Waals surface area contributed by atoms with Crippen molar-refractivity contribution in [1.82, 2.24) is 0 Å². The number of hydrogen-bond acceptors (Lipinski definition) is 1. The van der Waals surface area contributed by atoms with E-state index in [1.165, 1.54) is 0 Å². The first kappa shape index (κ1) is 10.4. The van der Waals surface area contributed by atoms with Gasteiger partial charge < -0.3 is 5.11 Å². The van der Waals surface area contributed by atoms with E-state index in [2.05, 4.69) is 26.5 Å². The number of allylic oxidation sites excluding steroid dienone is 3. The molecule has 64 valence electrons. The molecular formula is C10H18O. The van der Waals surface area contributed by atoms with E-state index in [1.807, 2.05) is 6.08 Å². The zero-order valence-corrected chi connectivity index (χ0v) is 7.51. The Hall–Kier alpha value is -0.560. The Kier molecular flexibility index (Phi) is 5.86. The first-order chi connectivity index (χ1) is 5.18. The third-order valence-electron chi connectivity index (χ3n) is 1.60. The van der Waals surface area contributed by atoms with Crippen LogP contribution in [-0.4, -0.2) is 11.7 Å². The van der Waals surface area contributed by atoms with E-state index >= 15 is 0 Å². The summed E-state index contributed by atoms with van der Waals surface area (Å²) in [5.41, 5.74) is 1.16. The molecule has 0 rings (SSSR count). The van der Waals surface area contributed by atoms with Gasteiger partial charge in [0.2, 0.25) is 0 Å². The minimum atomic E-state index is 0.276. The van der Waals surface area contributed by atoms with E-state index in [9.17, 15) is 0 Å². The third-order valence-corrected chi connectivity index (χ3v) is 1.60. The molecule has 0 spiro atoms. The van der Waals surface area contributed by atoms with Crippen LogP contribution in [0.2, 0.25) is 0 Å². The van der Waals surface area contributed by atoms with Crippen LogP contribution < -0.4 is 0 Å². The third kappa shape index (κ3) is 5.86. The average Bonchev–Trinajstić information content (AvgIpc) is 1.97. The second-order valence-corrected chi connectivity index (χ2v) is 3.00. The molecule has 0 unspecified atom stereocenters. The molecule has 0 amide bonds. The Morgan fingerprint density at radius 3 is 2.64 bits per heavy atom. The van der Waals surface area contributed by atoms with Gasteiger partial charge in [-0.15, -0.1) is 0 Å². The number of aliphatic hydroxyl groups excluding tert-OH is 1. The lowest BCUT2D eigenvalue weighted by atomic mass is 10.0. The van der Waals surface area contributed by atoms with Crippen molar-refractivity contribution in [1.29, 1.82) is 0 Å². The van der Waals surface area contributed by atoms with Crippen LogP contribution >= 0.6 is 0 Å². The molecule has 0 bridgehead atoms. The van der Waals surface area contributed by atoms with Crippen LogP contribution in [0, 0.1) is 5.92 Å². The molecule has 0 heterocycles. The maximum absolute atomic E-state index is 8.48. The summed E-state index contributed by atoms with van der Waals surface area (Å²) in [6, 6.07) is 0. The van der Waals surface area contributed by atoms with Gasteiger partial charge in [0.25, 0.3) is 0 Å². The van der Waals surface area contributed by atoms with Gasteiger partial charge in [0, 0.05) is 6.61 Å². The number of rotatable bonds is 5. The molecule has 0 saturated carbocycles. The Bertz CT molecular complexity index is 134. The van der Waals surface area contributed by atoms with E-state index in [4.69, 9.17) is 5.11 Å². The van der Waals surface area contributed by atoms with Crippen molar-refractivity contribution in [3.05, 3.63) is 24.3 Å². The second-order valence-electron chi connectivity index (χ2n) is 3.00. The molecule has 1 nitrogen and oxygen atoms in total. The van der Waals surface area contributed by atoms with E-state index in [0.29, 0.717) is 5.92 Å². The van der Waals surface area contributed by atoms with Gasteiger partial charge in [-0.2, -0.15) is 0 Å². The molecule has 1 heteroatoms. The van der Waals surface area contributed by atoms with Crippen LogP contribution in [0.1, 0.15) is 26.7 Å². The summed E-state index contributed by atoms with van der Waals surface area (Å²) in [4.78, 5) is 0. The van der Waals surface area contributed by atoms with Gasteiger partial charge in [-0.1, -0.05) is 38.2 Å². The van der Waals surface area contributed by atoms with Gasteiger partial charge >= 0.3 is 0 Å². The predicted molar refractivity (Wildman–Crippen MR) is 49.4 cm³/mol. The largest absolute Gasteiger partial charge is 0.396 e. The zero-order chi connectivity index (χ0) is 8.69. The number of aliphatic hydroxyl groups is 1. The van der Waals surface area contributed by atoms with Gasteiger partial charge in [-0.25, -0.2) is 0 Å². The fourth-order valence-corrected chi connectivity index (χ4v) is 0.636. The minimum Gasteiger partial charge on any atom is -0.396 e. The SMILES string of the molecule is C=C(/C=C\CCCO)C(C)C. The highest BCUT2D eigenvalue weighted by Gasteiger charge is 1.92. The fourth-order valence-electron chi connectivity index (χ4n) is 0.636. The van der Waals surface area contributed by atoms with Crippen LogP contribution in [0.5, 0.6) is 0 Å². The van der Waals surface area contributed by atoms with E-state index < -0.39 is 0 Å². The average molecular weight is 154 g/mol. The predicted octanol–water partition coefficient (Wildman–Crippen LogP) is 2.53. The molecule has 0 aromatic heterocycles. The lowest BCUT2D eigenvalue weighted by Crippen LogP contribution is -1.87. The quantitative estimate of drug-likeness (QED) is 0.476. The molecule has 0 aromatic carbocycles. The maximum Gasteiger partial charge on any atom is 0.0433 e. The van der Waals surface area contributed by atoms with E-state index in [0.717, 1.165) is 18.4 Å². The Labute approximate surface area is 69.4 Å². The molecular weight excluding hydrogens is 136 g/mol. The molecule has 0 radical (unpaired) electrons. The first-order valence-electron chi connectivity index (χ1n) is 4.14. The Morgan fingerprint density at radius 2 is 2.18 bits per heavy atom. The summed E-state index contributed by atoms with van der Waals surface area (Å²) < 4.78 is 0. The van der Waals surface area contributed by atoms with Gasteiger partial charge in [-0.05, 0) is 18.8 Å². The van der Waals surface area contributed by atoms with Crippen LogP contribution in [0.4, 0.5) is 0 Å². The van der Waals surface area contributed by atoms with E-state index in [-0.39, 0.29) is 6.61 Å². The summed E-state index contributed by atoms with van der Waals surface area (Å²) in [5, 5.41) is 8.48. The number of hydrogen-bond donors (Lipinski definition) is 1. The molecule has 0 fully saturated rings. The Morgan fingerprint density at radius 1 is 1.55 bits per heavy atom. The zero-order valence-electron chi connectivity index (χ0n) is 7.51. The summed E-state index contributed by atoms with van der Waals surface area (Å²) in [5.74, 6) is 0.528. The van der Waals surface area contributed by atoms with Crippen molar-refractivity contribution < 1.29 is 5.11 Å². The van der Waals surface area contributed by atoms with E-state index in [1.54, 1.807) is 0 Å². The van der Waals surface area contributed by atoms with Crippen molar-refractivity contribution in [2.45, 2.75) is 26.7 Å².